The van der Waals surface area contributed by atoms with Crippen LogP contribution in [0.1, 0.15) is 30.5 Å². The summed E-state index contributed by atoms with van der Waals surface area (Å²) in [6, 6.07) is 24.5. The predicted molar refractivity (Wildman–Crippen MR) is 143 cm³/mol. The van der Waals surface area contributed by atoms with Crippen LogP contribution in [0, 0.1) is 12.8 Å². The Morgan fingerprint density at radius 3 is 2.31 bits per heavy atom. The van der Waals surface area contributed by atoms with Gasteiger partial charge < -0.3 is 15.0 Å². The van der Waals surface area contributed by atoms with E-state index in [2.05, 4.69) is 21.2 Å². The molecule has 0 saturated heterocycles. The van der Waals surface area contributed by atoms with E-state index >= 15 is 0 Å². The fourth-order valence-electron chi connectivity index (χ4n) is 3.70. The largest absolute Gasteiger partial charge is 0.484 e. The van der Waals surface area contributed by atoms with E-state index in [-0.39, 0.29) is 18.4 Å². The quantitative estimate of drug-likeness (QED) is 0.349. The highest BCUT2D eigenvalue weighted by Crippen LogP contribution is 2.18. The number of hydrogen-bond acceptors (Lipinski definition) is 3. The second-order valence-corrected chi connectivity index (χ2v) is 10.0. The molecule has 0 fully saturated rings. The molecule has 0 spiro atoms. The fraction of sp³-hybridized carbons (Fsp3) is 0.310. The Hall–Kier alpha value is -3.12. The number of benzene rings is 3. The first-order chi connectivity index (χ1) is 16.8. The molecule has 3 aromatic rings. The third kappa shape index (κ3) is 8.55. The molecular formula is C29H33BrN2O3. The lowest BCUT2D eigenvalue weighted by atomic mass is 10.0. The number of carbonyl (C=O) groups excluding carboxylic acids is 2. The minimum absolute atomic E-state index is 0.150. The minimum Gasteiger partial charge on any atom is -0.484 e. The van der Waals surface area contributed by atoms with Crippen LogP contribution in [0.5, 0.6) is 5.75 Å². The van der Waals surface area contributed by atoms with E-state index in [0.717, 1.165) is 21.2 Å². The summed E-state index contributed by atoms with van der Waals surface area (Å²) in [6.07, 6.45) is 0.414. The third-order valence-corrected chi connectivity index (χ3v) is 6.10. The van der Waals surface area contributed by atoms with E-state index in [4.69, 9.17) is 4.74 Å². The Labute approximate surface area is 216 Å². The fourth-order valence-corrected chi connectivity index (χ4v) is 3.96. The summed E-state index contributed by atoms with van der Waals surface area (Å²) in [7, 11) is 0. The van der Waals surface area contributed by atoms with Crippen molar-refractivity contribution in [1.82, 2.24) is 10.2 Å². The zero-order chi connectivity index (χ0) is 25.2. The molecule has 5 nitrogen and oxygen atoms in total. The predicted octanol–water partition coefficient (Wildman–Crippen LogP) is 5.55. The smallest absolute Gasteiger partial charge is 0.261 e. The van der Waals surface area contributed by atoms with Gasteiger partial charge in [0.2, 0.25) is 5.91 Å². The Morgan fingerprint density at radius 1 is 0.943 bits per heavy atom. The molecule has 1 atom stereocenters. The number of rotatable bonds is 11. The van der Waals surface area contributed by atoms with Crippen molar-refractivity contribution < 1.29 is 14.3 Å². The Balaban J connectivity index is 1.89. The molecule has 0 saturated carbocycles. The van der Waals surface area contributed by atoms with Crippen LogP contribution in [-0.2, 0) is 22.6 Å². The lowest BCUT2D eigenvalue weighted by molar-refractivity contribution is -0.142. The van der Waals surface area contributed by atoms with Gasteiger partial charge in [-0.2, -0.15) is 0 Å². The number of nitrogens with zero attached hydrogens (tertiary/aromatic N) is 1. The molecule has 6 heteroatoms. The molecule has 0 aliphatic rings. The van der Waals surface area contributed by atoms with Gasteiger partial charge in [-0.15, -0.1) is 0 Å². The van der Waals surface area contributed by atoms with Crippen molar-refractivity contribution in [2.75, 3.05) is 13.2 Å². The molecule has 0 aliphatic heterocycles. The molecule has 1 N–H and O–H groups in total. The van der Waals surface area contributed by atoms with E-state index in [1.165, 1.54) is 0 Å². The zero-order valence-electron chi connectivity index (χ0n) is 20.5. The molecule has 3 rings (SSSR count). The summed E-state index contributed by atoms with van der Waals surface area (Å²) in [5, 5.41) is 3.03. The number of nitrogens with one attached hydrogen (secondary N) is 1. The van der Waals surface area contributed by atoms with Gasteiger partial charge in [0.15, 0.2) is 6.61 Å². The number of ether oxygens (including phenoxy) is 1. The van der Waals surface area contributed by atoms with Gasteiger partial charge in [0.1, 0.15) is 11.8 Å². The summed E-state index contributed by atoms with van der Waals surface area (Å²) >= 11 is 3.46. The van der Waals surface area contributed by atoms with Gasteiger partial charge in [0, 0.05) is 24.0 Å². The lowest BCUT2D eigenvalue weighted by Crippen LogP contribution is -2.52. The van der Waals surface area contributed by atoms with Crippen LogP contribution in [-0.4, -0.2) is 35.9 Å². The van der Waals surface area contributed by atoms with Crippen LogP contribution in [0.3, 0.4) is 0 Å². The van der Waals surface area contributed by atoms with Gasteiger partial charge in [-0.3, -0.25) is 9.59 Å². The second kappa shape index (κ2) is 13.1. The van der Waals surface area contributed by atoms with Crippen molar-refractivity contribution >= 4 is 27.7 Å². The van der Waals surface area contributed by atoms with Crippen LogP contribution in [0.4, 0.5) is 0 Å². The third-order valence-electron chi connectivity index (χ3n) is 5.57. The van der Waals surface area contributed by atoms with Gasteiger partial charge in [-0.1, -0.05) is 84.4 Å². The van der Waals surface area contributed by atoms with E-state index < -0.39 is 6.04 Å². The molecule has 2 amide bonds. The van der Waals surface area contributed by atoms with Gasteiger partial charge in [0.05, 0.1) is 0 Å². The molecule has 3 aromatic carbocycles. The molecule has 184 valence electrons. The summed E-state index contributed by atoms with van der Waals surface area (Å²) in [5.74, 6) is 0.529. The number of carbonyl (C=O) groups is 2. The average Bonchev–Trinajstić information content (AvgIpc) is 2.85. The highest BCUT2D eigenvalue weighted by atomic mass is 79.9. The van der Waals surface area contributed by atoms with Gasteiger partial charge >= 0.3 is 0 Å². The number of halogens is 1. The molecule has 0 aromatic heterocycles. The van der Waals surface area contributed by atoms with Gasteiger partial charge in [-0.05, 0) is 53.8 Å². The van der Waals surface area contributed by atoms with Crippen molar-refractivity contribution in [2.24, 2.45) is 5.92 Å². The van der Waals surface area contributed by atoms with Gasteiger partial charge in [0.25, 0.3) is 5.91 Å². The monoisotopic (exact) mass is 536 g/mol. The van der Waals surface area contributed by atoms with Crippen LogP contribution in [0.2, 0.25) is 0 Å². The molecule has 35 heavy (non-hydrogen) atoms. The SMILES string of the molecule is Cc1cccc(OCC(=O)N(Cc2ccc(Br)cc2)[C@@H](Cc2ccccc2)C(=O)NCC(C)C)c1. The van der Waals surface area contributed by atoms with Crippen molar-refractivity contribution in [2.45, 2.75) is 39.8 Å². The normalized spacial score (nSPS) is 11.7. The molecule has 0 radical (unpaired) electrons. The molecule has 0 heterocycles. The highest BCUT2D eigenvalue weighted by Gasteiger charge is 2.30. The number of hydrogen-bond donors (Lipinski definition) is 1. The first-order valence-electron chi connectivity index (χ1n) is 11.9. The van der Waals surface area contributed by atoms with Crippen molar-refractivity contribution in [1.29, 1.82) is 0 Å². The Kier molecular flexibility index (Phi) is 9.91. The van der Waals surface area contributed by atoms with Crippen LogP contribution >= 0.6 is 15.9 Å². The first-order valence-corrected chi connectivity index (χ1v) is 12.7. The average molecular weight is 537 g/mol. The van der Waals surface area contributed by atoms with E-state index in [9.17, 15) is 9.59 Å². The maximum Gasteiger partial charge on any atom is 0.261 e. The Bertz CT molecular complexity index is 1100. The van der Waals surface area contributed by atoms with Crippen molar-refractivity contribution in [3.63, 3.8) is 0 Å². The van der Waals surface area contributed by atoms with Crippen LogP contribution in [0.25, 0.3) is 0 Å². The highest BCUT2D eigenvalue weighted by molar-refractivity contribution is 9.10. The Morgan fingerprint density at radius 2 is 1.66 bits per heavy atom. The summed E-state index contributed by atoms with van der Waals surface area (Å²) in [5.41, 5.74) is 2.98. The lowest BCUT2D eigenvalue weighted by Gasteiger charge is -2.31. The second-order valence-electron chi connectivity index (χ2n) is 9.10. The van der Waals surface area contributed by atoms with Crippen molar-refractivity contribution in [3.8, 4) is 5.75 Å². The van der Waals surface area contributed by atoms with Crippen LogP contribution in [0.15, 0.2) is 83.3 Å². The molecule has 0 unspecified atom stereocenters. The van der Waals surface area contributed by atoms with E-state index in [1.54, 1.807) is 4.90 Å². The minimum atomic E-state index is -0.673. The first kappa shape index (κ1) is 26.5. The summed E-state index contributed by atoms with van der Waals surface area (Å²) in [6.45, 7) is 6.77. The standard InChI is InChI=1S/C29H33BrN2O3/c1-21(2)18-31-29(34)27(17-23-9-5-4-6-10-23)32(19-24-12-14-25(30)15-13-24)28(33)20-35-26-11-7-8-22(3)16-26/h4-16,21,27H,17-20H2,1-3H3,(H,31,34)/t27-/m0/s1. The number of amides is 2. The maximum absolute atomic E-state index is 13.6. The zero-order valence-corrected chi connectivity index (χ0v) is 22.1. The summed E-state index contributed by atoms with van der Waals surface area (Å²) < 4.78 is 6.79. The van der Waals surface area contributed by atoms with E-state index in [1.807, 2.05) is 99.6 Å². The molecule has 0 bridgehead atoms. The maximum atomic E-state index is 13.6. The molecular weight excluding hydrogens is 504 g/mol. The topological polar surface area (TPSA) is 58.6 Å². The molecule has 0 aliphatic carbocycles. The summed E-state index contributed by atoms with van der Waals surface area (Å²) in [4.78, 5) is 28.6. The van der Waals surface area contributed by atoms with Crippen molar-refractivity contribution in [3.05, 3.63) is 100 Å². The van der Waals surface area contributed by atoms with Crippen LogP contribution < -0.4 is 10.1 Å². The number of aryl methyl sites for hydroxylation is 1. The van der Waals surface area contributed by atoms with E-state index in [0.29, 0.717) is 31.2 Å². The van der Waals surface area contributed by atoms with Gasteiger partial charge in [-0.25, -0.2) is 0 Å².